The molecule has 0 aromatic heterocycles. The number of nitrogens with two attached hydrogens (primary N) is 1. The number of piperidine rings is 1. The zero-order valence-electron chi connectivity index (χ0n) is 10.3. The molecule has 0 saturated carbocycles. The molecule has 1 aliphatic heterocycles. The fraction of sp³-hybridized carbons (Fsp3) is 0.538. The molecular weight excluding hydrogens is 219 g/mol. The summed E-state index contributed by atoms with van der Waals surface area (Å²) in [5.74, 6) is 0.0380. The molecule has 1 aliphatic rings. The van der Waals surface area contributed by atoms with Crippen LogP contribution in [0.2, 0.25) is 0 Å². The molecule has 0 bridgehead atoms. The lowest BCUT2D eigenvalue weighted by Gasteiger charge is -2.36. The van der Waals surface area contributed by atoms with E-state index in [4.69, 9.17) is 10.5 Å². The monoisotopic (exact) mass is 238 g/mol. The van der Waals surface area contributed by atoms with Crippen LogP contribution in [0.4, 0.5) is 4.39 Å². The van der Waals surface area contributed by atoms with Gasteiger partial charge in [0, 0.05) is 17.6 Å². The first-order valence-corrected chi connectivity index (χ1v) is 5.91. The van der Waals surface area contributed by atoms with Crippen molar-refractivity contribution in [1.29, 1.82) is 0 Å². The molecule has 0 radical (unpaired) electrons. The van der Waals surface area contributed by atoms with Gasteiger partial charge in [0.15, 0.2) is 11.6 Å². The van der Waals surface area contributed by atoms with Gasteiger partial charge in [-0.05, 0) is 32.5 Å². The van der Waals surface area contributed by atoms with Crippen LogP contribution >= 0.6 is 0 Å². The number of rotatable bonds is 2. The van der Waals surface area contributed by atoms with Crippen molar-refractivity contribution in [3.63, 3.8) is 0 Å². The zero-order valence-corrected chi connectivity index (χ0v) is 10.3. The average Bonchev–Trinajstić information content (AvgIpc) is 2.32. The Bertz CT molecular complexity index is 397. The van der Waals surface area contributed by atoms with Crippen LogP contribution in [0.3, 0.4) is 0 Å². The molecule has 2 unspecified atom stereocenters. The first-order valence-electron chi connectivity index (χ1n) is 5.91. The Morgan fingerprint density at radius 2 is 2.24 bits per heavy atom. The number of nitrogens with zero attached hydrogens (tertiary/aromatic N) is 1. The number of ether oxygens (including phenoxy) is 1. The fourth-order valence-electron chi connectivity index (χ4n) is 2.48. The van der Waals surface area contributed by atoms with Crippen LogP contribution in [0, 0.1) is 5.82 Å². The van der Waals surface area contributed by atoms with Crippen molar-refractivity contribution in [2.75, 3.05) is 20.7 Å². The van der Waals surface area contributed by atoms with Crippen molar-refractivity contribution in [2.24, 2.45) is 5.73 Å². The van der Waals surface area contributed by atoms with Gasteiger partial charge in [-0.3, -0.25) is 4.90 Å². The van der Waals surface area contributed by atoms with Gasteiger partial charge in [0.1, 0.15) is 0 Å². The van der Waals surface area contributed by atoms with Gasteiger partial charge in [-0.1, -0.05) is 12.1 Å². The SMILES string of the molecule is COc1c(F)cccc1C1CC(N)CCN1C. The second-order valence-corrected chi connectivity index (χ2v) is 4.64. The summed E-state index contributed by atoms with van der Waals surface area (Å²) in [6.07, 6.45) is 1.83. The maximum absolute atomic E-state index is 13.7. The van der Waals surface area contributed by atoms with Gasteiger partial charge >= 0.3 is 0 Å². The zero-order chi connectivity index (χ0) is 12.4. The van der Waals surface area contributed by atoms with Crippen LogP contribution in [0.15, 0.2) is 18.2 Å². The van der Waals surface area contributed by atoms with Gasteiger partial charge in [-0.2, -0.15) is 0 Å². The number of methoxy groups -OCH3 is 1. The highest BCUT2D eigenvalue weighted by Crippen LogP contribution is 2.35. The van der Waals surface area contributed by atoms with E-state index in [0.717, 1.165) is 24.9 Å². The number of likely N-dealkylation sites (tertiary alicyclic amines) is 1. The van der Waals surface area contributed by atoms with E-state index in [2.05, 4.69) is 4.90 Å². The number of halogens is 1. The summed E-state index contributed by atoms with van der Waals surface area (Å²) in [7, 11) is 3.55. The Morgan fingerprint density at radius 3 is 2.94 bits per heavy atom. The first kappa shape index (κ1) is 12.3. The second-order valence-electron chi connectivity index (χ2n) is 4.64. The minimum atomic E-state index is -0.308. The lowest BCUT2D eigenvalue weighted by Crippen LogP contribution is -2.40. The molecule has 0 spiro atoms. The molecule has 2 N–H and O–H groups in total. The van der Waals surface area contributed by atoms with Crippen molar-refractivity contribution in [1.82, 2.24) is 4.90 Å². The van der Waals surface area contributed by atoms with E-state index in [0.29, 0.717) is 5.75 Å². The van der Waals surface area contributed by atoms with Gasteiger partial charge in [0.05, 0.1) is 7.11 Å². The lowest BCUT2D eigenvalue weighted by atomic mass is 9.92. The number of hydrogen-bond acceptors (Lipinski definition) is 3. The standard InChI is InChI=1S/C13H19FN2O/c1-16-7-6-9(15)8-12(16)10-4-3-5-11(14)13(10)17-2/h3-5,9,12H,6-8,15H2,1-2H3. The first-order chi connectivity index (χ1) is 8.13. The Hall–Kier alpha value is -1.13. The summed E-state index contributed by atoms with van der Waals surface area (Å²) in [6, 6.07) is 5.39. The predicted octanol–water partition coefficient (Wildman–Crippen LogP) is 1.93. The number of benzene rings is 1. The molecule has 1 saturated heterocycles. The van der Waals surface area contributed by atoms with Crippen LogP contribution < -0.4 is 10.5 Å². The second kappa shape index (κ2) is 5.02. The molecule has 1 heterocycles. The van der Waals surface area contributed by atoms with Crippen molar-refractivity contribution in [3.05, 3.63) is 29.6 Å². The summed E-state index contributed by atoms with van der Waals surface area (Å²) in [5, 5.41) is 0. The molecule has 94 valence electrons. The molecule has 1 fully saturated rings. The van der Waals surface area contributed by atoms with E-state index in [1.165, 1.54) is 13.2 Å². The quantitative estimate of drug-likeness (QED) is 0.855. The summed E-state index contributed by atoms with van der Waals surface area (Å²) in [4.78, 5) is 2.21. The van der Waals surface area contributed by atoms with E-state index < -0.39 is 0 Å². The number of para-hydroxylation sites is 1. The third-order valence-electron chi connectivity index (χ3n) is 3.47. The Kier molecular flexibility index (Phi) is 3.64. The summed E-state index contributed by atoms with van der Waals surface area (Å²) < 4.78 is 18.8. The highest BCUT2D eigenvalue weighted by Gasteiger charge is 2.28. The third-order valence-corrected chi connectivity index (χ3v) is 3.47. The van der Waals surface area contributed by atoms with E-state index >= 15 is 0 Å². The summed E-state index contributed by atoms with van der Waals surface area (Å²) in [6.45, 7) is 0.936. The average molecular weight is 238 g/mol. The third kappa shape index (κ3) is 2.42. The van der Waals surface area contributed by atoms with E-state index in [1.807, 2.05) is 13.1 Å². The van der Waals surface area contributed by atoms with Gasteiger partial charge in [-0.15, -0.1) is 0 Å². The molecule has 2 atom stereocenters. The molecule has 0 amide bonds. The number of hydrogen-bond donors (Lipinski definition) is 1. The smallest absolute Gasteiger partial charge is 0.165 e. The summed E-state index contributed by atoms with van der Waals surface area (Å²) in [5.41, 5.74) is 6.89. The highest BCUT2D eigenvalue weighted by atomic mass is 19.1. The van der Waals surface area contributed by atoms with Crippen LogP contribution in [-0.4, -0.2) is 31.6 Å². The van der Waals surface area contributed by atoms with Gasteiger partial charge < -0.3 is 10.5 Å². The minimum Gasteiger partial charge on any atom is -0.493 e. The molecule has 1 aromatic rings. The van der Waals surface area contributed by atoms with Crippen LogP contribution in [0.1, 0.15) is 24.4 Å². The Labute approximate surface area is 101 Å². The molecular formula is C13H19FN2O. The van der Waals surface area contributed by atoms with E-state index in [1.54, 1.807) is 6.07 Å². The van der Waals surface area contributed by atoms with Crippen molar-refractivity contribution in [2.45, 2.75) is 24.9 Å². The van der Waals surface area contributed by atoms with Crippen molar-refractivity contribution >= 4 is 0 Å². The predicted molar refractivity (Wildman–Crippen MR) is 65.5 cm³/mol. The summed E-state index contributed by atoms with van der Waals surface area (Å²) >= 11 is 0. The van der Waals surface area contributed by atoms with E-state index in [-0.39, 0.29) is 17.9 Å². The lowest BCUT2D eigenvalue weighted by molar-refractivity contribution is 0.167. The fourth-order valence-corrected chi connectivity index (χ4v) is 2.48. The molecule has 2 rings (SSSR count). The Morgan fingerprint density at radius 1 is 1.47 bits per heavy atom. The largest absolute Gasteiger partial charge is 0.493 e. The van der Waals surface area contributed by atoms with Crippen molar-refractivity contribution in [3.8, 4) is 5.75 Å². The van der Waals surface area contributed by atoms with Gasteiger partial charge in [0.2, 0.25) is 0 Å². The minimum absolute atomic E-state index is 0.143. The Balaban J connectivity index is 2.35. The maximum atomic E-state index is 13.7. The van der Waals surface area contributed by atoms with Crippen LogP contribution in [-0.2, 0) is 0 Å². The molecule has 0 aliphatic carbocycles. The normalized spacial score (nSPS) is 25.9. The topological polar surface area (TPSA) is 38.5 Å². The van der Waals surface area contributed by atoms with E-state index in [9.17, 15) is 4.39 Å². The highest BCUT2D eigenvalue weighted by molar-refractivity contribution is 5.37. The van der Waals surface area contributed by atoms with Gasteiger partial charge in [-0.25, -0.2) is 4.39 Å². The van der Waals surface area contributed by atoms with Crippen LogP contribution in [0.25, 0.3) is 0 Å². The van der Waals surface area contributed by atoms with Crippen molar-refractivity contribution < 1.29 is 9.13 Å². The van der Waals surface area contributed by atoms with Crippen LogP contribution in [0.5, 0.6) is 5.75 Å². The molecule has 4 heteroatoms. The van der Waals surface area contributed by atoms with Gasteiger partial charge in [0.25, 0.3) is 0 Å². The molecule has 3 nitrogen and oxygen atoms in total. The molecule has 17 heavy (non-hydrogen) atoms. The maximum Gasteiger partial charge on any atom is 0.165 e. The molecule has 1 aromatic carbocycles.